The molecule has 21 heavy (non-hydrogen) atoms. The number of nitrogens with zero attached hydrogens (tertiary/aromatic N) is 3. The molecular weight excluding hydrogens is 266 g/mol. The Hall–Kier alpha value is -2.21. The van der Waals surface area contributed by atoms with Crippen LogP contribution in [-0.4, -0.2) is 33.5 Å². The standard InChI is InChI=1S/C15H19N5O/c21-15(16-6-3-8-20-9-7-18-19-20)14-10-12-4-1-2-5-13(12)11-17-14/h1-2,4-5,7,9,14,17H,3,6,8,10-11H2,(H,16,21). The smallest absolute Gasteiger partial charge is 0.237 e. The van der Waals surface area contributed by atoms with E-state index in [-0.39, 0.29) is 11.9 Å². The number of benzene rings is 1. The van der Waals surface area contributed by atoms with Crippen molar-refractivity contribution in [2.75, 3.05) is 6.54 Å². The van der Waals surface area contributed by atoms with Gasteiger partial charge in [0.25, 0.3) is 0 Å². The highest BCUT2D eigenvalue weighted by Crippen LogP contribution is 2.16. The molecule has 0 saturated heterocycles. The Kier molecular flexibility index (Phi) is 4.25. The van der Waals surface area contributed by atoms with E-state index in [9.17, 15) is 4.79 Å². The fourth-order valence-electron chi connectivity index (χ4n) is 2.57. The molecule has 1 aromatic heterocycles. The zero-order chi connectivity index (χ0) is 14.5. The lowest BCUT2D eigenvalue weighted by Gasteiger charge is -2.25. The Morgan fingerprint density at radius 3 is 3.05 bits per heavy atom. The van der Waals surface area contributed by atoms with Crippen LogP contribution in [0.4, 0.5) is 0 Å². The normalized spacial score (nSPS) is 17.2. The van der Waals surface area contributed by atoms with Crippen molar-refractivity contribution in [3.8, 4) is 0 Å². The third-order valence-electron chi connectivity index (χ3n) is 3.73. The second-order valence-corrected chi connectivity index (χ2v) is 5.22. The largest absolute Gasteiger partial charge is 0.355 e. The summed E-state index contributed by atoms with van der Waals surface area (Å²) in [4.78, 5) is 12.2. The maximum atomic E-state index is 12.2. The molecule has 1 aromatic carbocycles. The van der Waals surface area contributed by atoms with Crippen LogP contribution in [0.15, 0.2) is 36.7 Å². The lowest BCUT2D eigenvalue weighted by molar-refractivity contribution is -0.123. The van der Waals surface area contributed by atoms with Gasteiger partial charge in [0.15, 0.2) is 0 Å². The Morgan fingerprint density at radius 2 is 2.24 bits per heavy atom. The SMILES string of the molecule is O=C(NCCCn1ccnn1)C1Cc2ccccc2CN1. The average molecular weight is 285 g/mol. The molecule has 1 atom stereocenters. The van der Waals surface area contributed by atoms with Crippen LogP contribution >= 0.6 is 0 Å². The van der Waals surface area contributed by atoms with E-state index in [1.807, 2.05) is 18.3 Å². The molecular formula is C15H19N5O. The van der Waals surface area contributed by atoms with E-state index in [4.69, 9.17) is 0 Å². The molecule has 110 valence electrons. The van der Waals surface area contributed by atoms with E-state index in [1.165, 1.54) is 11.1 Å². The number of rotatable bonds is 5. The van der Waals surface area contributed by atoms with Gasteiger partial charge in [-0.15, -0.1) is 5.10 Å². The van der Waals surface area contributed by atoms with Crippen molar-refractivity contribution in [2.24, 2.45) is 0 Å². The lowest BCUT2D eigenvalue weighted by Crippen LogP contribution is -2.47. The molecule has 3 rings (SSSR count). The van der Waals surface area contributed by atoms with Gasteiger partial charge in [-0.05, 0) is 24.0 Å². The van der Waals surface area contributed by atoms with Gasteiger partial charge in [-0.1, -0.05) is 29.5 Å². The fourth-order valence-corrected chi connectivity index (χ4v) is 2.57. The predicted octanol–water partition coefficient (Wildman–Crippen LogP) is 0.499. The van der Waals surface area contributed by atoms with E-state index in [1.54, 1.807) is 10.9 Å². The summed E-state index contributed by atoms with van der Waals surface area (Å²) in [6.45, 7) is 2.17. The van der Waals surface area contributed by atoms with Crippen molar-refractivity contribution in [3.63, 3.8) is 0 Å². The van der Waals surface area contributed by atoms with Gasteiger partial charge in [-0.2, -0.15) is 0 Å². The van der Waals surface area contributed by atoms with Gasteiger partial charge in [-0.25, -0.2) is 0 Å². The minimum atomic E-state index is -0.133. The molecule has 2 heterocycles. The second kappa shape index (κ2) is 6.49. The molecule has 1 unspecified atom stereocenters. The number of nitrogens with one attached hydrogen (secondary N) is 2. The first-order chi connectivity index (χ1) is 10.3. The van der Waals surface area contributed by atoms with Crippen molar-refractivity contribution in [2.45, 2.75) is 32.0 Å². The summed E-state index contributed by atoms with van der Waals surface area (Å²) < 4.78 is 1.77. The van der Waals surface area contributed by atoms with E-state index < -0.39 is 0 Å². The molecule has 0 saturated carbocycles. The molecule has 6 heteroatoms. The molecule has 0 spiro atoms. The van der Waals surface area contributed by atoms with Gasteiger partial charge in [0.05, 0.1) is 12.2 Å². The van der Waals surface area contributed by atoms with Gasteiger partial charge in [0.2, 0.25) is 5.91 Å². The summed E-state index contributed by atoms with van der Waals surface area (Å²) in [5, 5.41) is 13.9. The second-order valence-electron chi connectivity index (χ2n) is 5.22. The lowest BCUT2D eigenvalue weighted by atomic mass is 9.95. The summed E-state index contributed by atoms with van der Waals surface area (Å²) in [7, 11) is 0. The van der Waals surface area contributed by atoms with E-state index in [0.717, 1.165) is 25.9 Å². The highest BCUT2D eigenvalue weighted by atomic mass is 16.2. The quantitative estimate of drug-likeness (QED) is 0.785. The Morgan fingerprint density at radius 1 is 1.38 bits per heavy atom. The first-order valence-corrected chi connectivity index (χ1v) is 7.25. The monoisotopic (exact) mass is 285 g/mol. The number of amides is 1. The van der Waals surface area contributed by atoms with E-state index in [0.29, 0.717) is 6.54 Å². The van der Waals surface area contributed by atoms with Crippen molar-refractivity contribution in [3.05, 3.63) is 47.8 Å². The van der Waals surface area contributed by atoms with Crippen molar-refractivity contribution in [1.29, 1.82) is 0 Å². The molecule has 1 aliphatic heterocycles. The topological polar surface area (TPSA) is 71.8 Å². The number of aromatic nitrogens is 3. The van der Waals surface area contributed by atoms with Crippen molar-refractivity contribution in [1.82, 2.24) is 25.6 Å². The van der Waals surface area contributed by atoms with Crippen LogP contribution in [0.1, 0.15) is 17.5 Å². The van der Waals surface area contributed by atoms with Crippen LogP contribution in [0.5, 0.6) is 0 Å². The highest BCUT2D eigenvalue weighted by Gasteiger charge is 2.23. The van der Waals surface area contributed by atoms with Gasteiger partial charge in [0, 0.05) is 25.8 Å². The summed E-state index contributed by atoms with van der Waals surface area (Å²) in [5.74, 6) is 0.0723. The van der Waals surface area contributed by atoms with Gasteiger partial charge in [0.1, 0.15) is 0 Å². The molecule has 0 bridgehead atoms. The number of hydrogen-bond acceptors (Lipinski definition) is 4. The Bertz CT molecular complexity index is 596. The zero-order valence-electron chi connectivity index (χ0n) is 11.8. The third-order valence-corrected chi connectivity index (χ3v) is 3.73. The molecule has 0 radical (unpaired) electrons. The van der Waals surface area contributed by atoms with Crippen LogP contribution in [0.2, 0.25) is 0 Å². The first kappa shape index (κ1) is 13.8. The van der Waals surface area contributed by atoms with E-state index >= 15 is 0 Å². The van der Waals surface area contributed by atoms with Crippen LogP contribution in [0.25, 0.3) is 0 Å². The minimum Gasteiger partial charge on any atom is -0.355 e. The molecule has 1 amide bonds. The van der Waals surface area contributed by atoms with Crippen LogP contribution in [0, 0.1) is 0 Å². The fraction of sp³-hybridized carbons (Fsp3) is 0.400. The molecule has 6 nitrogen and oxygen atoms in total. The van der Waals surface area contributed by atoms with Crippen LogP contribution < -0.4 is 10.6 Å². The van der Waals surface area contributed by atoms with Gasteiger partial charge >= 0.3 is 0 Å². The maximum Gasteiger partial charge on any atom is 0.237 e. The Balaban J connectivity index is 1.44. The maximum absolute atomic E-state index is 12.2. The van der Waals surface area contributed by atoms with Gasteiger partial charge in [-0.3, -0.25) is 9.48 Å². The van der Waals surface area contributed by atoms with E-state index in [2.05, 4.69) is 33.1 Å². The predicted molar refractivity (Wildman–Crippen MR) is 78.4 cm³/mol. The number of aryl methyl sites for hydroxylation is 1. The molecule has 1 aliphatic rings. The number of hydrogen-bond donors (Lipinski definition) is 2. The number of fused-ring (bicyclic) bond motifs is 1. The summed E-state index contributed by atoms with van der Waals surface area (Å²) in [6.07, 6.45) is 5.08. The average Bonchev–Trinajstić information content (AvgIpc) is 3.04. The summed E-state index contributed by atoms with van der Waals surface area (Å²) >= 11 is 0. The Labute approximate surface area is 123 Å². The molecule has 0 aliphatic carbocycles. The molecule has 0 fully saturated rings. The van der Waals surface area contributed by atoms with Crippen molar-refractivity contribution < 1.29 is 4.79 Å². The molecule has 2 N–H and O–H groups in total. The number of carbonyl (C=O) groups excluding carboxylic acids is 1. The van der Waals surface area contributed by atoms with Crippen LogP contribution in [-0.2, 0) is 24.3 Å². The van der Waals surface area contributed by atoms with Crippen LogP contribution in [0.3, 0.4) is 0 Å². The first-order valence-electron chi connectivity index (χ1n) is 7.25. The summed E-state index contributed by atoms with van der Waals surface area (Å²) in [6, 6.07) is 8.13. The minimum absolute atomic E-state index is 0.0723. The highest BCUT2D eigenvalue weighted by molar-refractivity contribution is 5.82. The zero-order valence-corrected chi connectivity index (χ0v) is 11.8. The third kappa shape index (κ3) is 3.46. The van der Waals surface area contributed by atoms with Gasteiger partial charge < -0.3 is 10.6 Å². The summed E-state index contributed by atoms with van der Waals surface area (Å²) in [5.41, 5.74) is 2.55. The number of carbonyl (C=O) groups is 1. The van der Waals surface area contributed by atoms with Crippen molar-refractivity contribution >= 4 is 5.91 Å². The molecule has 2 aromatic rings.